The fourth-order valence-electron chi connectivity index (χ4n) is 3.31. The lowest BCUT2D eigenvalue weighted by molar-refractivity contribution is 0.0711. The van der Waals surface area contributed by atoms with Crippen LogP contribution >= 0.6 is 11.3 Å². The van der Waals surface area contributed by atoms with Crippen LogP contribution in [0.15, 0.2) is 36.4 Å². The third-order valence-corrected chi connectivity index (χ3v) is 6.06. The molecule has 26 heavy (non-hydrogen) atoms. The van der Waals surface area contributed by atoms with E-state index in [-0.39, 0.29) is 11.4 Å². The van der Waals surface area contributed by atoms with Crippen LogP contribution in [0, 0.1) is 0 Å². The van der Waals surface area contributed by atoms with Crippen molar-refractivity contribution in [3.05, 3.63) is 57.3 Å². The van der Waals surface area contributed by atoms with Crippen LogP contribution in [0.4, 0.5) is 4.79 Å². The normalized spacial score (nSPS) is 15.3. The van der Waals surface area contributed by atoms with Crippen molar-refractivity contribution < 1.29 is 14.8 Å². The van der Waals surface area contributed by atoms with Gasteiger partial charge in [-0.3, -0.25) is 10.0 Å². The van der Waals surface area contributed by atoms with E-state index in [1.54, 1.807) is 16.4 Å². The molecule has 7 heteroatoms. The van der Waals surface area contributed by atoms with E-state index in [0.717, 1.165) is 16.9 Å². The lowest BCUT2D eigenvalue weighted by atomic mass is 9.85. The van der Waals surface area contributed by atoms with Gasteiger partial charge in [-0.1, -0.05) is 44.2 Å². The van der Waals surface area contributed by atoms with Crippen molar-refractivity contribution in [3.63, 3.8) is 0 Å². The van der Waals surface area contributed by atoms with Crippen molar-refractivity contribution in [2.24, 2.45) is 0 Å². The van der Waals surface area contributed by atoms with E-state index in [9.17, 15) is 9.59 Å². The summed E-state index contributed by atoms with van der Waals surface area (Å²) in [4.78, 5) is 27.6. The Kier molecular flexibility index (Phi) is 5.29. The number of hydrogen-bond donors (Lipinski definition) is 3. The number of fused-ring (bicyclic) bond motifs is 1. The summed E-state index contributed by atoms with van der Waals surface area (Å²) in [5, 5.41) is 11.8. The third kappa shape index (κ3) is 3.89. The molecule has 1 aromatic heterocycles. The van der Waals surface area contributed by atoms with Crippen LogP contribution in [-0.4, -0.2) is 35.1 Å². The summed E-state index contributed by atoms with van der Waals surface area (Å²) in [7, 11) is 0. The molecule has 2 aromatic rings. The summed E-state index contributed by atoms with van der Waals surface area (Å²) in [6.45, 7) is 5.75. The first kappa shape index (κ1) is 18.4. The molecule has 0 saturated carbocycles. The number of carbonyl (C=O) groups excluding carboxylic acids is 2. The van der Waals surface area contributed by atoms with Gasteiger partial charge in [0.2, 0.25) is 0 Å². The van der Waals surface area contributed by atoms with Gasteiger partial charge in [0.05, 0.1) is 4.88 Å². The van der Waals surface area contributed by atoms with Gasteiger partial charge in [-0.05, 0) is 23.6 Å². The minimum atomic E-state index is -0.515. The second-order valence-electron chi connectivity index (χ2n) is 7.11. The van der Waals surface area contributed by atoms with E-state index in [2.05, 4.69) is 19.2 Å². The lowest BCUT2D eigenvalue weighted by Gasteiger charge is -2.37. The summed E-state index contributed by atoms with van der Waals surface area (Å²) >= 11 is 1.37. The molecule has 0 spiro atoms. The highest BCUT2D eigenvalue weighted by Gasteiger charge is 2.36. The molecule has 0 atom stereocenters. The summed E-state index contributed by atoms with van der Waals surface area (Å²) < 4.78 is 0. The Bertz CT molecular complexity index is 802. The highest BCUT2D eigenvalue weighted by molar-refractivity contribution is 7.14. The highest BCUT2D eigenvalue weighted by atomic mass is 32.1. The van der Waals surface area contributed by atoms with E-state index in [1.165, 1.54) is 16.9 Å². The Hall–Kier alpha value is -2.38. The Morgan fingerprint density at radius 2 is 2.00 bits per heavy atom. The summed E-state index contributed by atoms with van der Waals surface area (Å²) in [5.74, 6) is -0.515. The van der Waals surface area contributed by atoms with Gasteiger partial charge >= 0.3 is 6.03 Å². The number of urea groups is 1. The quantitative estimate of drug-likeness (QED) is 0.569. The van der Waals surface area contributed by atoms with Crippen LogP contribution in [0.3, 0.4) is 0 Å². The lowest BCUT2D eigenvalue weighted by Crippen LogP contribution is -2.48. The molecule has 0 bridgehead atoms. The summed E-state index contributed by atoms with van der Waals surface area (Å²) in [6, 6.07) is 11.7. The Morgan fingerprint density at radius 1 is 1.27 bits per heavy atom. The maximum atomic E-state index is 12.6. The van der Waals surface area contributed by atoms with Crippen molar-refractivity contribution in [1.29, 1.82) is 0 Å². The van der Waals surface area contributed by atoms with E-state index < -0.39 is 5.91 Å². The first-order valence-electron chi connectivity index (χ1n) is 8.55. The fourth-order valence-corrected chi connectivity index (χ4v) is 4.47. The van der Waals surface area contributed by atoms with Crippen molar-refractivity contribution in [2.75, 3.05) is 13.1 Å². The van der Waals surface area contributed by atoms with Crippen LogP contribution in [-0.2, 0) is 18.4 Å². The Balaban J connectivity index is 1.65. The predicted octanol–water partition coefficient (Wildman–Crippen LogP) is 2.91. The molecule has 2 heterocycles. The number of nitrogens with one attached hydrogen (secondary N) is 2. The number of benzene rings is 1. The molecule has 0 fully saturated rings. The maximum Gasteiger partial charge on any atom is 0.317 e. The molecule has 0 aliphatic carbocycles. The van der Waals surface area contributed by atoms with E-state index in [0.29, 0.717) is 24.5 Å². The topological polar surface area (TPSA) is 81.7 Å². The van der Waals surface area contributed by atoms with Gasteiger partial charge in [0, 0.05) is 29.9 Å². The predicted molar refractivity (Wildman–Crippen MR) is 101 cm³/mol. The van der Waals surface area contributed by atoms with Gasteiger partial charge in [0.15, 0.2) is 0 Å². The first-order chi connectivity index (χ1) is 12.4. The monoisotopic (exact) mass is 373 g/mol. The average molecular weight is 373 g/mol. The van der Waals surface area contributed by atoms with Crippen LogP contribution in [0.2, 0.25) is 0 Å². The molecule has 0 radical (unpaired) electrons. The zero-order valence-corrected chi connectivity index (χ0v) is 15.7. The van der Waals surface area contributed by atoms with Gasteiger partial charge in [-0.25, -0.2) is 10.3 Å². The fraction of sp³-hybridized carbons (Fsp3) is 0.368. The van der Waals surface area contributed by atoms with E-state index >= 15 is 0 Å². The number of amides is 3. The van der Waals surface area contributed by atoms with Gasteiger partial charge in [0.25, 0.3) is 5.91 Å². The van der Waals surface area contributed by atoms with Crippen molar-refractivity contribution in [2.45, 2.75) is 32.2 Å². The molecule has 138 valence electrons. The molecule has 0 unspecified atom stereocenters. The van der Waals surface area contributed by atoms with Crippen LogP contribution in [0.5, 0.6) is 0 Å². The molecule has 1 aliphatic rings. The summed E-state index contributed by atoms with van der Waals surface area (Å²) in [5.41, 5.74) is 3.57. The molecule has 3 N–H and O–H groups in total. The molecule has 0 saturated heterocycles. The highest BCUT2D eigenvalue weighted by Crippen LogP contribution is 2.39. The number of hydrogen-bond acceptors (Lipinski definition) is 4. The zero-order valence-electron chi connectivity index (χ0n) is 14.9. The number of nitrogens with zero attached hydrogens (tertiary/aromatic N) is 1. The molecular weight excluding hydrogens is 350 g/mol. The van der Waals surface area contributed by atoms with Crippen molar-refractivity contribution in [1.82, 2.24) is 15.7 Å². The Labute approximate surface area is 156 Å². The standard InChI is InChI=1S/C19H23N3O3S/c1-19(2)12-22(11-14-10-15(17(23)21-25)26-16(14)19)18(24)20-9-8-13-6-4-3-5-7-13/h3-7,10,25H,8-9,11-12H2,1-2H3,(H,20,24)(H,21,23). The number of rotatable bonds is 4. The number of thiophene rings is 1. The zero-order chi connectivity index (χ0) is 18.7. The molecular formula is C19H23N3O3S. The van der Waals surface area contributed by atoms with Gasteiger partial charge in [-0.15, -0.1) is 11.3 Å². The second kappa shape index (κ2) is 7.47. The van der Waals surface area contributed by atoms with Crippen molar-refractivity contribution in [3.8, 4) is 0 Å². The molecule has 1 aromatic carbocycles. The molecule has 6 nitrogen and oxygen atoms in total. The maximum absolute atomic E-state index is 12.6. The van der Waals surface area contributed by atoms with Gasteiger partial charge < -0.3 is 10.2 Å². The first-order valence-corrected chi connectivity index (χ1v) is 9.36. The largest absolute Gasteiger partial charge is 0.338 e. The van der Waals surface area contributed by atoms with E-state index in [4.69, 9.17) is 5.21 Å². The minimum absolute atomic E-state index is 0.0981. The molecule has 3 amide bonds. The number of hydroxylamine groups is 1. The minimum Gasteiger partial charge on any atom is -0.338 e. The van der Waals surface area contributed by atoms with Crippen LogP contribution in [0.25, 0.3) is 0 Å². The van der Waals surface area contributed by atoms with Gasteiger partial charge in [0.1, 0.15) is 0 Å². The average Bonchev–Trinajstić information content (AvgIpc) is 3.07. The van der Waals surface area contributed by atoms with E-state index in [1.807, 2.05) is 30.3 Å². The molecule has 1 aliphatic heterocycles. The smallest absolute Gasteiger partial charge is 0.317 e. The third-order valence-electron chi connectivity index (χ3n) is 4.52. The van der Waals surface area contributed by atoms with Crippen LogP contribution < -0.4 is 10.8 Å². The Morgan fingerprint density at radius 3 is 2.69 bits per heavy atom. The summed E-state index contributed by atoms with van der Waals surface area (Å²) in [6.07, 6.45) is 0.786. The second-order valence-corrected chi connectivity index (χ2v) is 8.17. The van der Waals surface area contributed by atoms with Crippen molar-refractivity contribution >= 4 is 23.3 Å². The van der Waals surface area contributed by atoms with Crippen LogP contribution in [0.1, 0.15) is 39.5 Å². The SMILES string of the molecule is CC1(C)CN(C(=O)NCCc2ccccc2)Cc2cc(C(=O)NO)sc21. The molecule has 3 rings (SSSR count). The van der Waals surface area contributed by atoms with Gasteiger partial charge in [-0.2, -0.15) is 0 Å². The number of carbonyl (C=O) groups is 2.